The highest BCUT2D eigenvalue weighted by molar-refractivity contribution is 7.09. The zero-order valence-electron chi connectivity index (χ0n) is 9.69. The number of hydrogen-bond donors (Lipinski definition) is 2. The van der Waals surface area contributed by atoms with Gasteiger partial charge in [0, 0.05) is 18.0 Å². The van der Waals surface area contributed by atoms with Crippen molar-refractivity contribution in [1.29, 1.82) is 0 Å². The summed E-state index contributed by atoms with van der Waals surface area (Å²) in [5.74, 6) is -0.723. The highest BCUT2D eigenvalue weighted by atomic mass is 32.1. The van der Waals surface area contributed by atoms with Gasteiger partial charge >= 0.3 is 5.97 Å². The third kappa shape index (κ3) is 4.28. The molecule has 5 heteroatoms. The molecule has 0 aliphatic carbocycles. The molecule has 16 heavy (non-hydrogen) atoms. The number of aromatic nitrogens is 1. The lowest BCUT2D eigenvalue weighted by atomic mass is 10.1. The summed E-state index contributed by atoms with van der Waals surface area (Å²) in [6, 6.07) is 0. The quantitative estimate of drug-likeness (QED) is 0.720. The molecule has 0 aliphatic rings. The molecule has 1 aromatic heterocycles. The molecule has 4 nitrogen and oxygen atoms in total. The normalized spacial score (nSPS) is 11.6. The first-order valence-electron chi connectivity index (χ1n) is 5.39. The van der Waals surface area contributed by atoms with E-state index in [0.29, 0.717) is 0 Å². The summed E-state index contributed by atoms with van der Waals surface area (Å²) in [5.41, 5.74) is -0.128. The van der Waals surface area contributed by atoms with Gasteiger partial charge in [0.25, 0.3) is 0 Å². The molecular weight excluding hydrogens is 224 g/mol. The predicted molar refractivity (Wildman–Crippen MR) is 64.6 cm³/mol. The number of nitrogens with one attached hydrogen (secondary N) is 1. The molecule has 0 bridgehead atoms. The molecule has 1 aromatic rings. The molecule has 0 spiro atoms. The van der Waals surface area contributed by atoms with Crippen LogP contribution in [0.25, 0.3) is 0 Å². The number of thiazole rings is 1. The lowest BCUT2D eigenvalue weighted by Gasteiger charge is -2.23. The summed E-state index contributed by atoms with van der Waals surface area (Å²) in [7, 11) is 0. The zero-order valence-corrected chi connectivity index (χ0v) is 10.5. The summed E-state index contributed by atoms with van der Waals surface area (Å²) in [6.45, 7) is 4.99. The number of rotatable bonds is 7. The Balaban J connectivity index is 2.24. The Hall–Kier alpha value is -0.940. The lowest BCUT2D eigenvalue weighted by molar-refractivity contribution is -0.137. The van der Waals surface area contributed by atoms with Crippen LogP contribution in [0.1, 0.15) is 38.1 Å². The number of aliphatic carboxylic acids is 1. The topological polar surface area (TPSA) is 62.2 Å². The van der Waals surface area contributed by atoms with Crippen LogP contribution in [0.15, 0.2) is 11.6 Å². The van der Waals surface area contributed by atoms with Crippen molar-refractivity contribution in [1.82, 2.24) is 10.3 Å². The van der Waals surface area contributed by atoms with Gasteiger partial charge in [-0.25, -0.2) is 4.98 Å². The van der Waals surface area contributed by atoms with E-state index in [1.807, 2.05) is 5.38 Å². The van der Waals surface area contributed by atoms with E-state index in [1.165, 1.54) is 0 Å². The molecule has 0 fully saturated rings. The van der Waals surface area contributed by atoms with Crippen LogP contribution in [0.5, 0.6) is 0 Å². The minimum atomic E-state index is -0.723. The van der Waals surface area contributed by atoms with E-state index < -0.39 is 5.97 Å². The van der Waals surface area contributed by atoms with Crippen molar-refractivity contribution in [3.63, 3.8) is 0 Å². The minimum Gasteiger partial charge on any atom is -0.481 e. The van der Waals surface area contributed by atoms with Gasteiger partial charge in [0.05, 0.1) is 5.54 Å². The van der Waals surface area contributed by atoms with E-state index in [4.69, 9.17) is 5.11 Å². The SMILES string of the molecule is CC(C)(NCCCCC(=O)O)c1nccs1. The number of nitrogens with zero attached hydrogens (tertiary/aromatic N) is 1. The highest BCUT2D eigenvalue weighted by Gasteiger charge is 2.21. The summed E-state index contributed by atoms with van der Waals surface area (Å²) in [6.07, 6.45) is 3.64. The molecule has 2 N–H and O–H groups in total. The molecule has 0 amide bonds. The molecule has 0 aliphatic heterocycles. The largest absolute Gasteiger partial charge is 0.481 e. The van der Waals surface area contributed by atoms with E-state index in [2.05, 4.69) is 24.1 Å². The van der Waals surface area contributed by atoms with Crippen LogP contribution >= 0.6 is 11.3 Å². The van der Waals surface area contributed by atoms with Crippen LogP contribution in [-0.2, 0) is 10.3 Å². The summed E-state index contributed by atoms with van der Waals surface area (Å²) in [5, 5.41) is 14.9. The lowest BCUT2D eigenvalue weighted by Crippen LogP contribution is -2.37. The maximum atomic E-state index is 10.3. The number of carboxylic acids is 1. The Morgan fingerprint density at radius 3 is 2.88 bits per heavy atom. The predicted octanol–water partition coefficient (Wildman–Crippen LogP) is 2.22. The van der Waals surface area contributed by atoms with Gasteiger partial charge < -0.3 is 10.4 Å². The molecule has 1 rings (SSSR count). The van der Waals surface area contributed by atoms with Crippen LogP contribution in [0, 0.1) is 0 Å². The minimum absolute atomic E-state index is 0.128. The number of hydrogen-bond acceptors (Lipinski definition) is 4. The zero-order chi connectivity index (χ0) is 12.0. The van der Waals surface area contributed by atoms with Gasteiger partial charge in [-0.3, -0.25) is 4.79 Å². The Bertz CT molecular complexity index is 323. The molecule has 0 saturated carbocycles. The van der Waals surface area contributed by atoms with E-state index in [9.17, 15) is 4.79 Å². The summed E-state index contributed by atoms with van der Waals surface area (Å²) < 4.78 is 0. The Labute approximate surface area is 99.7 Å². The Kier molecular flexibility index (Phi) is 4.89. The second-order valence-corrected chi connectivity index (χ2v) is 5.13. The average Bonchev–Trinajstić information content (AvgIpc) is 2.69. The van der Waals surface area contributed by atoms with Crippen molar-refractivity contribution in [2.45, 2.75) is 38.6 Å². The third-order valence-corrected chi connectivity index (χ3v) is 3.45. The van der Waals surface area contributed by atoms with Crippen LogP contribution < -0.4 is 5.32 Å². The molecule has 0 atom stereocenters. The van der Waals surface area contributed by atoms with Gasteiger partial charge in [-0.05, 0) is 33.2 Å². The van der Waals surface area contributed by atoms with E-state index >= 15 is 0 Å². The van der Waals surface area contributed by atoms with Gasteiger partial charge in [-0.15, -0.1) is 11.3 Å². The van der Waals surface area contributed by atoms with Gasteiger partial charge in [0.2, 0.25) is 0 Å². The average molecular weight is 242 g/mol. The van der Waals surface area contributed by atoms with Crippen LogP contribution in [0.3, 0.4) is 0 Å². The van der Waals surface area contributed by atoms with Crippen molar-refractivity contribution in [2.24, 2.45) is 0 Å². The standard InChI is InChI=1S/C11H18N2O2S/c1-11(2,10-12-7-8-16-10)13-6-4-3-5-9(14)15/h7-8,13H,3-6H2,1-2H3,(H,14,15). The smallest absolute Gasteiger partial charge is 0.303 e. The van der Waals surface area contributed by atoms with Crippen molar-refractivity contribution in [2.75, 3.05) is 6.54 Å². The van der Waals surface area contributed by atoms with Gasteiger partial charge in [0.1, 0.15) is 5.01 Å². The maximum absolute atomic E-state index is 10.3. The van der Waals surface area contributed by atoms with Crippen LogP contribution in [0.2, 0.25) is 0 Å². The monoisotopic (exact) mass is 242 g/mol. The summed E-state index contributed by atoms with van der Waals surface area (Å²) >= 11 is 1.63. The van der Waals surface area contributed by atoms with E-state index in [0.717, 1.165) is 24.4 Å². The third-order valence-electron chi connectivity index (χ3n) is 2.35. The Morgan fingerprint density at radius 1 is 1.56 bits per heavy atom. The van der Waals surface area contributed by atoms with Crippen molar-refractivity contribution in [3.8, 4) is 0 Å². The first-order chi connectivity index (χ1) is 7.52. The first-order valence-corrected chi connectivity index (χ1v) is 6.27. The molecule has 90 valence electrons. The fourth-order valence-corrected chi connectivity index (χ4v) is 2.15. The molecule has 0 saturated heterocycles. The van der Waals surface area contributed by atoms with E-state index in [-0.39, 0.29) is 12.0 Å². The fourth-order valence-electron chi connectivity index (χ4n) is 1.41. The van der Waals surface area contributed by atoms with E-state index in [1.54, 1.807) is 17.5 Å². The van der Waals surface area contributed by atoms with Gasteiger partial charge in [0.15, 0.2) is 0 Å². The molecule has 1 heterocycles. The van der Waals surface area contributed by atoms with Gasteiger partial charge in [-0.2, -0.15) is 0 Å². The number of carboxylic acid groups (broad SMARTS) is 1. The van der Waals surface area contributed by atoms with Crippen molar-refractivity contribution >= 4 is 17.3 Å². The maximum Gasteiger partial charge on any atom is 0.303 e. The fraction of sp³-hybridized carbons (Fsp3) is 0.636. The molecule has 0 unspecified atom stereocenters. The van der Waals surface area contributed by atoms with Crippen molar-refractivity contribution < 1.29 is 9.90 Å². The van der Waals surface area contributed by atoms with Crippen molar-refractivity contribution in [3.05, 3.63) is 16.6 Å². The highest BCUT2D eigenvalue weighted by Crippen LogP contribution is 2.21. The van der Waals surface area contributed by atoms with Gasteiger partial charge in [-0.1, -0.05) is 0 Å². The first kappa shape index (κ1) is 13.1. The summed E-state index contributed by atoms with van der Waals surface area (Å²) in [4.78, 5) is 14.6. The Morgan fingerprint density at radius 2 is 2.31 bits per heavy atom. The second-order valence-electron chi connectivity index (χ2n) is 4.24. The molecule has 0 aromatic carbocycles. The second kappa shape index (κ2) is 5.96. The number of unbranched alkanes of at least 4 members (excludes halogenated alkanes) is 1. The number of carbonyl (C=O) groups is 1. The molecular formula is C11H18N2O2S. The van der Waals surface area contributed by atoms with Crippen LogP contribution in [-0.4, -0.2) is 22.6 Å². The molecule has 0 radical (unpaired) electrons. The van der Waals surface area contributed by atoms with Crippen LogP contribution in [0.4, 0.5) is 0 Å².